The summed E-state index contributed by atoms with van der Waals surface area (Å²) in [6.45, 7) is 13.7. The first-order chi connectivity index (χ1) is 14.5. The molecule has 1 aromatic heterocycles. The fourth-order valence-electron chi connectivity index (χ4n) is 3.04. The molecule has 0 fully saturated rings. The Balaban J connectivity index is 0.00000480. The largest absolute Gasteiger partial charge is 0.382 e. The summed E-state index contributed by atoms with van der Waals surface area (Å²) < 4.78 is 7.39. The van der Waals surface area contributed by atoms with Gasteiger partial charge in [0.05, 0.1) is 0 Å². The number of hydrogen-bond donors (Lipinski definition) is 2. The number of guanidine groups is 1. The molecule has 1 heterocycles. The minimum atomic E-state index is 0. The summed E-state index contributed by atoms with van der Waals surface area (Å²) >= 11 is 0. The van der Waals surface area contributed by atoms with Gasteiger partial charge in [-0.05, 0) is 51.8 Å². The van der Waals surface area contributed by atoms with E-state index in [2.05, 4.69) is 63.8 Å². The van der Waals surface area contributed by atoms with E-state index in [1.807, 2.05) is 25.5 Å². The van der Waals surface area contributed by atoms with Crippen molar-refractivity contribution < 1.29 is 4.74 Å². The number of aliphatic imine (C=N–C) groups is 1. The second-order valence-electron chi connectivity index (χ2n) is 7.21. The van der Waals surface area contributed by atoms with Crippen LogP contribution in [0.1, 0.15) is 37.5 Å². The maximum atomic E-state index is 5.42. The van der Waals surface area contributed by atoms with Crippen molar-refractivity contribution in [2.45, 2.75) is 40.7 Å². The lowest BCUT2D eigenvalue weighted by Gasteiger charge is -2.24. The number of likely N-dealkylation sites (N-methyl/N-ethyl adjacent to an activating group) is 1. The molecule has 2 aromatic rings. The zero-order valence-corrected chi connectivity index (χ0v) is 21.8. The van der Waals surface area contributed by atoms with E-state index in [0.29, 0.717) is 6.54 Å². The standard InChI is InChI=1S/C22H37N7O.HI/c1-6-29(20-11-8-10-18(3)16-20)14-13-24-22(23-12-9-15-30-7-2)25-17-21-27-26-19(4)28(21)5;/h8,10-11,16H,6-7,9,12-15,17H2,1-5H3,(H2,23,24,25);1H. The number of hydrogen-bond acceptors (Lipinski definition) is 5. The lowest BCUT2D eigenvalue weighted by molar-refractivity contribution is 0.145. The Morgan fingerprint density at radius 3 is 2.58 bits per heavy atom. The fourth-order valence-corrected chi connectivity index (χ4v) is 3.04. The minimum Gasteiger partial charge on any atom is -0.382 e. The van der Waals surface area contributed by atoms with Crippen LogP contribution in [0.5, 0.6) is 0 Å². The van der Waals surface area contributed by atoms with Gasteiger partial charge in [0.1, 0.15) is 12.4 Å². The highest BCUT2D eigenvalue weighted by atomic mass is 127. The average molecular weight is 543 g/mol. The van der Waals surface area contributed by atoms with Crippen molar-refractivity contribution in [3.05, 3.63) is 41.5 Å². The van der Waals surface area contributed by atoms with Crippen molar-refractivity contribution in [3.63, 3.8) is 0 Å². The van der Waals surface area contributed by atoms with Crippen LogP contribution in [0.25, 0.3) is 0 Å². The fraction of sp³-hybridized carbons (Fsp3) is 0.591. The minimum absolute atomic E-state index is 0. The van der Waals surface area contributed by atoms with Gasteiger partial charge in [-0.1, -0.05) is 12.1 Å². The summed E-state index contributed by atoms with van der Waals surface area (Å²) in [6.07, 6.45) is 0.933. The maximum absolute atomic E-state index is 5.42. The second-order valence-corrected chi connectivity index (χ2v) is 7.21. The van der Waals surface area contributed by atoms with E-state index in [9.17, 15) is 0 Å². The van der Waals surface area contributed by atoms with Gasteiger partial charge in [-0.15, -0.1) is 34.2 Å². The summed E-state index contributed by atoms with van der Waals surface area (Å²) in [4.78, 5) is 7.07. The first-order valence-electron chi connectivity index (χ1n) is 10.8. The van der Waals surface area contributed by atoms with E-state index >= 15 is 0 Å². The molecule has 0 bridgehead atoms. The molecule has 31 heavy (non-hydrogen) atoms. The lowest BCUT2D eigenvalue weighted by atomic mass is 10.2. The summed E-state index contributed by atoms with van der Waals surface area (Å²) in [5, 5.41) is 15.2. The Kier molecular flexibility index (Phi) is 13.1. The molecule has 0 unspecified atom stereocenters. The quantitative estimate of drug-likeness (QED) is 0.186. The van der Waals surface area contributed by atoms with Crippen LogP contribution < -0.4 is 15.5 Å². The summed E-state index contributed by atoms with van der Waals surface area (Å²) in [6, 6.07) is 8.62. The number of nitrogens with one attached hydrogen (secondary N) is 2. The van der Waals surface area contributed by atoms with E-state index in [4.69, 9.17) is 9.73 Å². The van der Waals surface area contributed by atoms with Crippen LogP contribution in [0.3, 0.4) is 0 Å². The van der Waals surface area contributed by atoms with E-state index in [1.165, 1.54) is 11.3 Å². The number of aryl methyl sites for hydroxylation is 2. The predicted octanol–water partition coefficient (Wildman–Crippen LogP) is 3.04. The highest BCUT2D eigenvalue weighted by Crippen LogP contribution is 2.14. The SMILES string of the molecule is CCOCCCNC(=NCc1nnc(C)n1C)NCCN(CC)c1cccc(C)c1.I. The summed E-state index contributed by atoms with van der Waals surface area (Å²) in [7, 11) is 1.96. The average Bonchev–Trinajstić information content (AvgIpc) is 3.06. The van der Waals surface area contributed by atoms with Gasteiger partial charge >= 0.3 is 0 Å². The Labute approximate surface area is 203 Å². The number of benzene rings is 1. The zero-order chi connectivity index (χ0) is 21.8. The third-order valence-electron chi connectivity index (χ3n) is 4.95. The van der Waals surface area contributed by atoms with E-state index < -0.39 is 0 Å². The third-order valence-corrected chi connectivity index (χ3v) is 4.95. The molecule has 0 atom stereocenters. The van der Waals surface area contributed by atoms with Gasteiger partial charge < -0.3 is 24.8 Å². The Morgan fingerprint density at radius 1 is 1.16 bits per heavy atom. The Bertz CT molecular complexity index is 794. The van der Waals surface area contributed by atoms with Gasteiger partial charge in [-0.2, -0.15) is 0 Å². The second kappa shape index (κ2) is 15.0. The molecule has 2 N–H and O–H groups in total. The number of nitrogens with zero attached hydrogens (tertiary/aromatic N) is 5. The Hall–Kier alpha value is -1.88. The van der Waals surface area contributed by atoms with Crippen LogP contribution in [-0.4, -0.2) is 60.1 Å². The Morgan fingerprint density at radius 2 is 1.94 bits per heavy atom. The lowest BCUT2D eigenvalue weighted by Crippen LogP contribution is -2.42. The first kappa shape index (κ1) is 27.2. The summed E-state index contributed by atoms with van der Waals surface area (Å²) in [5.41, 5.74) is 2.52. The molecule has 0 spiro atoms. The van der Waals surface area contributed by atoms with Crippen LogP contribution in [-0.2, 0) is 18.3 Å². The van der Waals surface area contributed by atoms with E-state index in [1.54, 1.807) is 0 Å². The smallest absolute Gasteiger partial charge is 0.191 e. The third kappa shape index (κ3) is 9.42. The maximum Gasteiger partial charge on any atom is 0.191 e. The predicted molar refractivity (Wildman–Crippen MR) is 138 cm³/mol. The van der Waals surface area contributed by atoms with Crippen LogP contribution in [0.4, 0.5) is 5.69 Å². The number of anilines is 1. The van der Waals surface area contributed by atoms with Gasteiger partial charge in [-0.3, -0.25) is 0 Å². The van der Waals surface area contributed by atoms with Crippen molar-refractivity contribution in [2.75, 3.05) is 44.3 Å². The number of aromatic nitrogens is 3. The van der Waals surface area contributed by atoms with Crippen molar-refractivity contribution in [3.8, 4) is 0 Å². The molecular weight excluding hydrogens is 505 g/mol. The van der Waals surface area contributed by atoms with Gasteiger partial charge in [0, 0.05) is 52.1 Å². The molecule has 2 rings (SSSR count). The molecule has 0 saturated heterocycles. The molecule has 0 radical (unpaired) electrons. The van der Waals surface area contributed by atoms with Crippen LogP contribution >= 0.6 is 24.0 Å². The van der Waals surface area contributed by atoms with E-state index in [0.717, 1.165) is 63.4 Å². The molecule has 0 aliphatic carbocycles. The zero-order valence-electron chi connectivity index (χ0n) is 19.5. The number of halogens is 1. The van der Waals surface area contributed by atoms with Crippen LogP contribution in [0.15, 0.2) is 29.3 Å². The van der Waals surface area contributed by atoms with Crippen molar-refractivity contribution in [1.82, 2.24) is 25.4 Å². The van der Waals surface area contributed by atoms with Crippen molar-refractivity contribution >= 4 is 35.6 Å². The van der Waals surface area contributed by atoms with Crippen molar-refractivity contribution in [1.29, 1.82) is 0 Å². The van der Waals surface area contributed by atoms with E-state index in [-0.39, 0.29) is 24.0 Å². The monoisotopic (exact) mass is 543 g/mol. The van der Waals surface area contributed by atoms with Crippen molar-refractivity contribution in [2.24, 2.45) is 12.0 Å². The van der Waals surface area contributed by atoms with Gasteiger partial charge in [0.25, 0.3) is 0 Å². The molecular formula is C22H38IN7O. The molecule has 174 valence electrons. The van der Waals surface area contributed by atoms with Crippen LogP contribution in [0.2, 0.25) is 0 Å². The molecule has 1 aromatic carbocycles. The van der Waals surface area contributed by atoms with Gasteiger partial charge in [0.2, 0.25) is 0 Å². The summed E-state index contributed by atoms with van der Waals surface area (Å²) in [5.74, 6) is 2.52. The molecule has 0 aliphatic heterocycles. The highest BCUT2D eigenvalue weighted by Gasteiger charge is 2.07. The highest BCUT2D eigenvalue weighted by molar-refractivity contribution is 14.0. The molecule has 0 amide bonds. The molecule has 0 saturated carbocycles. The van der Waals surface area contributed by atoms with Gasteiger partial charge in [-0.25, -0.2) is 4.99 Å². The number of ether oxygens (including phenoxy) is 1. The number of rotatable bonds is 12. The molecule has 9 heteroatoms. The molecule has 8 nitrogen and oxygen atoms in total. The van der Waals surface area contributed by atoms with Crippen LogP contribution in [0, 0.1) is 13.8 Å². The normalized spacial score (nSPS) is 11.2. The topological polar surface area (TPSA) is 79.6 Å². The molecule has 0 aliphatic rings. The first-order valence-corrected chi connectivity index (χ1v) is 10.8. The van der Waals surface area contributed by atoms with Gasteiger partial charge in [0.15, 0.2) is 11.8 Å².